The minimum Gasteiger partial charge on any atom is -0.300 e. The number of Topliss-reactive ketones (excluding diaryl/α,β-unsaturated/α-hetero) is 2. The van der Waals surface area contributed by atoms with E-state index in [1.807, 2.05) is 0 Å². The summed E-state index contributed by atoms with van der Waals surface area (Å²) in [5.74, 6) is 1.04. The van der Waals surface area contributed by atoms with Gasteiger partial charge in [-0.15, -0.1) is 0 Å². The van der Waals surface area contributed by atoms with Crippen molar-refractivity contribution in [2.75, 3.05) is 0 Å². The van der Waals surface area contributed by atoms with Gasteiger partial charge in [0.1, 0.15) is 11.6 Å². The molecule has 0 amide bonds. The van der Waals surface area contributed by atoms with Crippen LogP contribution in [0.1, 0.15) is 45.4 Å². The highest BCUT2D eigenvalue weighted by molar-refractivity contribution is 5.86. The summed E-state index contributed by atoms with van der Waals surface area (Å²) in [7, 11) is 0. The van der Waals surface area contributed by atoms with Crippen LogP contribution < -0.4 is 0 Å². The Morgan fingerprint density at radius 2 is 1.85 bits per heavy atom. The van der Waals surface area contributed by atoms with Gasteiger partial charge in [-0.3, -0.25) is 9.59 Å². The Bertz CT molecular complexity index is 237. The second-order valence-electron chi connectivity index (χ2n) is 4.78. The summed E-state index contributed by atoms with van der Waals surface area (Å²) in [5, 5.41) is 0. The Balaban J connectivity index is 1.90. The first-order chi connectivity index (χ1) is 6.11. The van der Waals surface area contributed by atoms with Crippen LogP contribution >= 0.6 is 0 Å². The third-order valence-corrected chi connectivity index (χ3v) is 3.77. The molecule has 0 heterocycles. The number of carbonyl (C=O) groups is 2. The van der Waals surface area contributed by atoms with Crippen LogP contribution in [0.3, 0.4) is 0 Å². The van der Waals surface area contributed by atoms with E-state index in [2.05, 4.69) is 0 Å². The molecule has 0 aromatic rings. The first-order valence-corrected chi connectivity index (χ1v) is 5.13. The fourth-order valence-electron chi connectivity index (χ4n) is 2.77. The average molecular weight is 180 g/mol. The van der Waals surface area contributed by atoms with Crippen LogP contribution in [-0.2, 0) is 9.59 Å². The van der Waals surface area contributed by atoms with Gasteiger partial charge in [-0.2, -0.15) is 0 Å². The number of rotatable bonds is 1. The van der Waals surface area contributed by atoms with Crippen molar-refractivity contribution >= 4 is 11.6 Å². The largest absolute Gasteiger partial charge is 0.300 e. The van der Waals surface area contributed by atoms with Crippen LogP contribution in [0.5, 0.6) is 0 Å². The van der Waals surface area contributed by atoms with Gasteiger partial charge in [0, 0.05) is 18.8 Å². The first kappa shape index (κ1) is 8.92. The van der Waals surface area contributed by atoms with Crippen molar-refractivity contribution in [2.45, 2.75) is 45.4 Å². The Morgan fingerprint density at radius 1 is 1.31 bits per heavy atom. The number of hydrogen-bond acceptors (Lipinski definition) is 2. The van der Waals surface area contributed by atoms with Crippen LogP contribution in [-0.4, -0.2) is 11.6 Å². The zero-order valence-corrected chi connectivity index (χ0v) is 8.14. The fourth-order valence-corrected chi connectivity index (χ4v) is 2.77. The SMILES string of the molecule is CC(=O)C1CCC2(CC1)CC(=O)C2. The summed E-state index contributed by atoms with van der Waals surface area (Å²) in [6.07, 6.45) is 5.81. The van der Waals surface area contributed by atoms with E-state index in [1.165, 1.54) is 0 Å². The van der Waals surface area contributed by atoms with Gasteiger partial charge in [0.15, 0.2) is 0 Å². The second-order valence-corrected chi connectivity index (χ2v) is 4.78. The molecule has 0 aliphatic heterocycles. The predicted octanol–water partition coefficient (Wildman–Crippen LogP) is 2.11. The Morgan fingerprint density at radius 3 is 2.23 bits per heavy atom. The molecular formula is C11H16O2. The highest BCUT2D eigenvalue weighted by atomic mass is 16.1. The molecule has 2 fully saturated rings. The molecule has 2 saturated carbocycles. The van der Waals surface area contributed by atoms with Gasteiger partial charge in [-0.05, 0) is 38.0 Å². The van der Waals surface area contributed by atoms with Crippen LogP contribution in [0.4, 0.5) is 0 Å². The summed E-state index contributed by atoms with van der Waals surface area (Å²) in [5.41, 5.74) is 0.336. The summed E-state index contributed by atoms with van der Waals surface area (Å²) >= 11 is 0. The Labute approximate surface area is 78.7 Å². The second kappa shape index (κ2) is 2.93. The first-order valence-electron chi connectivity index (χ1n) is 5.13. The van der Waals surface area contributed by atoms with E-state index in [9.17, 15) is 9.59 Å². The molecule has 1 spiro atoms. The van der Waals surface area contributed by atoms with Gasteiger partial charge in [-0.25, -0.2) is 0 Å². The smallest absolute Gasteiger partial charge is 0.134 e. The average Bonchev–Trinajstić information content (AvgIpc) is 2.03. The van der Waals surface area contributed by atoms with Crippen molar-refractivity contribution in [1.29, 1.82) is 0 Å². The van der Waals surface area contributed by atoms with Crippen molar-refractivity contribution in [3.63, 3.8) is 0 Å². The van der Waals surface area contributed by atoms with Crippen molar-refractivity contribution < 1.29 is 9.59 Å². The molecule has 2 rings (SSSR count). The summed E-state index contributed by atoms with van der Waals surface area (Å²) in [6.45, 7) is 1.69. The molecule has 2 nitrogen and oxygen atoms in total. The molecule has 2 aliphatic carbocycles. The molecular weight excluding hydrogens is 164 g/mol. The van der Waals surface area contributed by atoms with E-state index in [1.54, 1.807) is 6.92 Å². The molecule has 0 N–H and O–H groups in total. The van der Waals surface area contributed by atoms with Crippen LogP contribution in [0.2, 0.25) is 0 Å². The van der Waals surface area contributed by atoms with E-state index in [0.717, 1.165) is 38.5 Å². The van der Waals surface area contributed by atoms with Crippen molar-refractivity contribution in [2.24, 2.45) is 11.3 Å². The van der Waals surface area contributed by atoms with E-state index in [0.29, 0.717) is 22.9 Å². The molecule has 0 unspecified atom stereocenters. The standard InChI is InChI=1S/C11H16O2/c1-8(12)9-2-4-11(5-3-9)6-10(13)7-11/h9H,2-7H2,1H3. The van der Waals surface area contributed by atoms with Gasteiger partial charge < -0.3 is 0 Å². The number of hydrogen-bond donors (Lipinski definition) is 0. The fraction of sp³-hybridized carbons (Fsp3) is 0.818. The Hall–Kier alpha value is -0.660. The Kier molecular flexibility index (Phi) is 2.01. The zero-order chi connectivity index (χ0) is 9.47. The molecule has 0 saturated heterocycles. The molecule has 0 aromatic heterocycles. The monoisotopic (exact) mass is 180 g/mol. The van der Waals surface area contributed by atoms with Gasteiger partial charge in [0.25, 0.3) is 0 Å². The lowest BCUT2D eigenvalue weighted by Gasteiger charge is -2.45. The van der Waals surface area contributed by atoms with E-state index in [4.69, 9.17) is 0 Å². The molecule has 0 atom stereocenters. The predicted molar refractivity (Wildman–Crippen MR) is 49.3 cm³/mol. The van der Waals surface area contributed by atoms with Crippen molar-refractivity contribution in [1.82, 2.24) is 0 Å². The maximum absolute atomic E-state index is 11.1. The normalized spacial score (nSPS) is 27.3. The highest BCUT2D eigenvalue weighted by Gasteiger charge is 2.45. The van der Waals surface area contributed by atoms with Gasteiger partial charge >= 0.3 is 0 Å². The highest BCUT2D eigenvalue weighted by Crippen LogP contribution is 2.50. The van der Waals surface area contributed by atoms with Gasteiger partial charge in [0.05, 0.1) is 0 Å². The third kappa shape index (κ3) is 1.54. The summed E-state index contributed by atoms with van der Waals surface area (Å²) in [6, 6.07) is 0. The molecule has 2 heteroatoms. The van der Waals surface area contributed by atoms with Crippen molar-refractivity contribution in [3.8, 4) is 0 Å². The van der Waals surface area contributed by atoms with Crippen LogP contribution in [0.25, 0.3) is 0 Å². The maximum atomic E-state index is 11.1. The number of carbonyl (C=O) groups excluding carboxylic acids is 2. The summed E-state index contributed by atoms with van der Waals surface area (Å²) < 4.78 is 0. The molecule has 0 bridgehead atoms. The molecule has 2 aliphatic rings. The van der Waals surface area contributed by atoms with E-state index < -0.39 is 0 Å². The molecule has 72 valence electrons. The van der Waals surface area contributed by atoms with Gasteiger partial charge in [0.2, 0.25) is 0 Å². The van der Waals surface area contributed by atoms with E-state index >= 15 is 0 Å². The van der Waals surface area contributed by atoms with Crippen molar-refractivity contribution in [3.05, 3.63) is 0 Å². The lowest BCUT2D eigenvalue weighted by molar-refractivity contribution is -0.136. The van der Waals surface area contributed by atoms with E-state index in [-0.39, 0.29) is 0 Å². The summed E-state index contributed by atoms with van der Waals surface area (Å²) in [4.78, 5) is 22.0. The number of ketones is 2. The molecule has 0 radical (unpaired) electrons. The zero-order valence-electron chi connectivity index (χ0n) is 8.14. The van der Waals surface area contributed by atoms with Crippen LogP contribution in [0.15, 0.2) is 0 Å². The third-order valence-electron chi connectivity index (χ3n) is 3.77. The lowest BCUT2D eigenvalue weighted by atomic mass is 9.58. The minimum atomic E-state index is 0.293. The maximum Gasteiger partial charge on any atom is 0.134 e. The lowest BCUT2D eigenvalue weighted by Crippen LogP contribution is -2.41. The van der Waals surface area contributed by atoms with Gasteiger partial charge in [-0.1, -0.05) is 0 Å². The van der Waals surface area contributed by atoms with Crippen LogP contribution in [0, 0.1) is 11.3 Å². The minimum absolute atomic E-state index is 0.293. The topological polar surface area (TPSA) is 34.1 Å². The molecule has 0 aromatic carbocycles. The quantitative estimate of drug-likeness (QED) is 0.619. The molecule has 13 heavy (non-hydrogen) atoms.